The van der Waals surface area contributed by atoms with E-state index >= 15 is 0 Å². The summed E-state index contributed by atoms with van der Waals surface area (Å²) in [4.78, 5) is 0. The first-order valence-corrected chi connectivity index (χ1v) is 3.85. The Bertz CT molecular complexity index is 163. The van der Waals surface area contributed by atoms with Gasteiger partial charge in [-0.2, -0.15) is 0 Å². The van der Waals surface area contributed by atoms with Crippen LogP contribution in [0.15, 0.2) is 0 Å². The highest BCUT2D eigenvalue weighted by molar-refractivity contribution is 5.20. The summed E-state index contributed by atoms with van der Waals surface area (Å²) >= 11 is 0. The zero-order chi connectivity index (χ0) is 6.32. The number of hydrogen-bond donors (Lipinski definition) is 0. The third-order valence-corrected chi connectivity index (χ3v) is 2.94. The highest BCUT2D eigenvalue weighted by Crippen LogP contribution is 2.60. The van der Waals surface area contributed by atoms with E-state index in [1.807, 2.05) is 0 Å². The fraction of sp³-hybridized carbons (Fsp3) is 0.778. The maximum Gasteiger partial charge on any atom is 0.0343 e. The molecule has 2 aliphatic carbocycles. The fourth-order valence-corrected chi connectivity index (χ4v) is 2.15. The van der Waals surface area contributed by atoms with Gasteiger partial charge in [0.15, 0.2) is 0 Å². The average Bonchev–Trinajstić information content (AvgIpc) is 2.62. The van der Waals surface area contributed by atoms with Crippen molar-refractivity contribution in [3.05, 3.63) is 0 Å². The molecule has 2 aliphatic rings. The van der Waals surface area contributed by atoms with E-state index in [4.69, 9.17) is 6.42 Å². The van der Waals surface area contributed by atoms with Crippen LogP contribution in [0.25, 0.3) is 0 Å². The minimum atomic E-state index is 0.415. The molecule has 0 unspecified atom stereocenters. The first-order valence-electron chi connectivity index (χ1n) is 3.85. The average molecular weight is 120 g/mol. The number of rotatable bonds is 0. The van der Waals surface area contributed by atoms with Crippen molar-refractivity contribution < 1.29 is 0 Å². The van der Waals surface area contributed by atoms with Crippen LogP contribution in [0, 0.1) is 23.7 Å². The Morgan fingerprint density at radius 2 is 2.33 bits per heavy atom. The standard InChI is InChI=1S/C9H12/c1-2-9-6-4-3-5-8(9)7-9/h1,8H,3-7H2/t8-,9-/m1/s1. The molecule has 0 heterocycles. The Morgan fingerprint density at radius 1 is 1.44 bits per heavy atom. The second-order valence-corrected chi connectivity index (χ2v) is 3.45. The van der Waals surface area contributed by atoms with Crippen LogP contribution in [0.3, 0.4) is 0 Å². The lowest BCUT2D eigenvalue weighted by Gasteiger charge is -2.14. The van der Waals surface area contributed by atoms with E-state index in [0.29, 0.717) is 5.41 Å². The van der Waals surface area contributed by atoms with E-state index < -0.39 is 0 Å². The predicted octanol–water partition coefficient (Wildman–Crippen LogP) is 2.20. The van der Waals surface area contributed by atoms with Crippen molar-refractivity contribution in [2.45, 2.75) is 32.1 Å². The van der Waals surface area contributed by atoms with Gasteiger partial charge in [-0.3, -0.25) is 0 Å². The maximum atomic E-state index is 5.43. The van der Waals surface area contributed by atoms with Crippen LogP contribution in [-0.4, -0.2) is 0 Å². The third kappa shape index (κ3) is 0.611. The van der Waals surface area contributed by atoms with Gasteiger partial charge in [0.1, 0.15) is 0 Å². The molecule has 0 aliphatic heterocycles. The lowest BCUT2D eigenvalue weighted by Crippen LogP contribution is -2.05. The summed E-state index contributed by atoms with van der Waals surface area (Å²) in [6, 6.07) is 0. The highest BCUT2D eigenvalue weighted by atomic mass is 14.6. The van der Waals surface area contributed by atoms with Crippen molar-refractivity contribution >= 4 is 0 Å². The summed E-state index contributed by atoms with van der Waals surface area (Å²) in [6.07, 6.45) is 12.3. The van der Waals surface area contributed by atoms with Gasteiger partial charge < -0.3 is 0 Å². The molecule has 2 fully saturated rings. The molecule has 0 spiro atoms. The van der Waals surface area contributed by atoms with Crippen molar-refractivity contribution in [1.29, 1.82) is 0 Å². The summed E-state index contributed by atoms with van der Waals surface area (Å²) in [6.45, 7) is 0. The Kier molecular flexibility index (Phi) is 0.913. The van der Waals surface area contributed by atoms with Crippen molar-refractivity contribution in [2.24, 2.45) is 11.3 Å². The lowest BCUT2D eigenvalue weighted by atomic mass is 9.89. The maximum absolute atomic E-state index is 5.43. The molecule has 0 bridgehead atoms. The van der Waals surface area contributed by atoms with Gasteiger partial charge in [0.25, 0.3) is 0 Å². The smallest absolute Gasteiger partial charge is 0.0343 e. The molecule has 2 atom stereocenters. The number of terminal acetylenes is 1. The SMILES string of the molecule is C#C[C@]12CCCC[C@@H]1C2. The molecule has 0 aromatic rings. The third-order valence-electron chi connectivity index (χ3n) is 2.94. The molecule has 9 heavy (non-hydrogen) atoms. The van der Waals surface area contributed by atoms with Gasteiger partial charge in [-0.25, -0.2) is 0 Å². The van der Waals surface area contributed by atoms with Crippen molar-refractivity contribution in [1.82, 2.24) is 0 Å². The van der Waals surface area contributed by atoms with Gasteiger partial charge in [0, 0.05) is 5.41 Å². The van der Waals surface area contributed by atoms with Gasteiger partial charge in [-0.15, -0.1) is 6.42 Å². The zero-order valence-corrected chi connectivity index (χ0v) is 5.69. The topological polar surface area (TPSA) is 0 Å². The molecule has 0 N–H and O–H groups in total. The molecule has 0 radical (unpaired) electrons. The summed E-state index contributed by atoms with van der Waals surface area (Å²) in [5.74, 6) is 3.88. The Labute approximate surface area is 56.6 Å². The van der Waals surface area contributed by atoms with Crippen LogP contribution in [-0.2, 0) is 0 Å². The molecule has 2 saturated carbocycles. The fourth-order valence-electron chi connectivity index (χ4n) is 2.15. The zero-order valence-electron chi connectivity index (χ0n) is 5.69. The molecule has 0 saturated heterocycles. The molecule has 48 valence electrons. The highest BCUT2D eigenvalue weighted by Gasteiger charge is 2.53. The van der Waals surface area contributed by atoms with E-state index in [2.05, 4.69) is 5.92 Å². The van der Waals surface area contributed by atoms with Crippen molar-refractivity contribution in [3.8, 4) is 12.3 Å². The predicted molar refractivity (Wildman–Crippen MR) is 37.8 cm³/mol. The molecule has 0 heteroatoms. The summed E-state index contributed by atoms with van der Waals surface area (Å²) in [7, 11) is 0. The number of fused-ring (bicyclic) bond motifs is 1. The monoisotopic (exact) mass is 120 g/mol. The van der Waals surface area contributed by atoms with Gasteiger partial charge >= 0.3 is 0 Å². The van der Waals surface area contributed by atoms with Crippen LogP contribution < -0.4 is 0 Å². The van der Waals surface area contributed by atoms with E-state index in [1.165, 1.54) is 32.1 Å². The van der Waals surface area contributed by atoms with Crippen molar-refractivity contribution in [2.75, 3.05) is 0 Å². The normalized spacial score (nSPS) is 47.2. The quantitative estimate of drug-likeness (QED) is 0.430. The summed E-state index contributed by atoms with van der Waals surface area (Å²) < 4.78 is 0. The second-order valence-electron chi connectivity index (χ2n) is 3.45. The molecule has 0 nitrogen and oxygen atoms in total. The summed E-state index contributed by atoms with van der Waals surface area (Å²) in [5, 5.41) is 0. The molecule has 0 aromatic heterocycles. The van der Waals surface area contributed by atoms with E-state index in [0.717, 1.165) is 5.92 Å². The molecular weight excluding hydrogens is 108 g/mol. The van der Waals surface area contributed by atoms with Crippen molar-refractivity contribution in [3.63, 3.8) is 0 Å². The Hall–Kier alpha value is -0.440. The van der Waals surface area contributed by atoms with Gasteiger partial charge in [0.2, 0.25) is 0 Å². The van der Waals surface area contributed by atoms with Crippen LogP contribution in [0.5, 0.6) is 0 Å². The minimum Gasteiger partial charge on any atom is -0.120 e. The van der Waals surface area contributed by atoms with Crippen LogP contribution in [0.1, 0.15) is 32.1 Å². The van der Waals surface area contributed by atoms with Crippen LogP contribution in [0.2, 0.25) is 0 Å². The lowest BCUT2D eigenvalue weighted by molar-refractivity contribution is 0.415. The van der Waals surface area contributed by atoms with Gasteiger partial charge in [-0.05, 0) is 25.2 Å². The summed E-state index contributed by atoms with van der Waals surface area (Å²) in [5.41, 5.74) is 0.415. The minimum absolute atomic E-state index is 0.415. The molecular formula is C9H12. The molecule has 2 rings (SSSR count). The first kappa shape index (κ1) is 5.35. The Balaban J connectivity index is 2.11. The van der Waals surface area contributed by atoms with Crippen LogP contribution >= 0.6 is 0 Å². The van der Waals surface area contributed by atoms with Gasteiger partial charge in [-0.1, -0.05) is 18.8 Å². The van der Waals surface area contributed by atoms with E-state index in [-0.39, 0.29) is 0 Å². The van der Waals surface area contributed by atoms with Crippen LogP contribution in [0.4, 0.5) is 0 Å². The molecule has 0 amide bonds. The number of hydrogen-bond acceptors (Lipinski definition) is 0. The van der Waals surface area contributed by atoms with E-state index in [9.17, 15) is 0 Å². The second kappa shape index (κ2) is 1.53. The Morgan fingerprint density at radius 3 is 2.89 bits per heavy atom. The molecule has 0 aromatic carbocycles. The first-order chi connectivity index (χ1) is 4.37. The largest absolute Gasteiger partial charge is 0.120 e. The van der Waals surface area contributed by atoms with Gasteiger partial charge in [0.05, 0.1) is 0 Å². The van der Waals surface area contributed by atoms with E-state index in [1.54, 1.807) is 0 Å².